The Kier molecular flexibility index (Phi) is 3.44. The van der Waals surface area contributed by atoms with Crippen LogP contribution < -0.4 is 11.1 Å². The molecule has 1 fully saturated rings. The summed E-state index contributed by atoms with van der Waals surface area (Å²) in [4.78, 5) is 12.0. The number of rotatable bonds is 5. The Balaban J connectivity index is 1.95. The number of nitrogens with one attached hydrogen (secondary N) is 1. The Morgan fingerprint density at radius 1 is 1.33 bits per heavy atom. The molecule has 0 bridgehead atoms. The Morgan fingerprint density at radius 2 is 1.94 bits per heavy atom. The van der Waals surface area contributed by atoms with Crippen molar-refractivity contribution in [2.75, 3.05) is 13.1 Å². The smallest absolute Gasteiger partial charge is 0.227 e. The van der Waals surface area contributed by atoms with E-state index in [0.29, 0.717) is 13.1 Å². The molecule has 1 amide bonds. The van der Waals surface area contributed by atoms with Gasteiger partial charge < -0.3 is 11.1 Å². The summed E-state index contributed by atoms with van der Waals surface area (Å²) in [6, 6.07) is 10.3. The molecule has 18 heavy (non-hydrogen) atoms. The highest BCUT2D eigenvalue weighted by Crippen LogP contribution is 2.44. The first-order valence-electron chi connectivity index (χ1n) is 6.54. The number of amides is 1. The number of hydrogen-bond donors (Lipinski definition) is 2. The molecule has 0 radical (unpaired) electrons. The molecule has 0 unspecified atom stereocenters. The van der Waals surface area contributed by atoms with Crippen LogP contribution in [-0.2, 0) is 10.2 Å². The van der Waals surface area contributed by atoms with Gasteiger partial charge in [0.25, 0.3) is 0 Å². The Hall–Kier alpha value is -1.35. The van der Waals surface area contributed by atoms with Gasteiger partial charge in [-0.25, -0.2) is 0 Å². The van der Waals surface area contributed by atoms with Crippen LogP contribution in [0.2, 0.25) is 0 Å². The van der Waals surface area contributed by atoms with Gasteiger partial charge in [-0.3, -0.25) is 4.79 Å². The first-order chi connectivity index (χ1) is 8.50. The van der Waals surface area contributed by atoms with Crippen LogP contribution in [0.5, 0.6) is 0 Å². The van der Waals surface area contributed by atoms with Crippen LogP contribution >= 0.6 is 0 Å². The van der Waals surface area contributed by atoms with Gasteiger partial charge in [0.1, 0.15) is 0 Å². The van der Waals surface area contributed by atoms with Gasteiger partial charge in [-0.1, -0.05) is 44.2 Å². The molecule has 1 aliphatic rings. The van der Waals surface area contributed by atoms with Crippen molar-refractivity contribution in [3.8, 4) is 0 Å². The quantitative estimate of drug-likeness (QED) is 0.832. The topological polar surface area (TPSA) is 55.1 Å². The number of nitrogens with two attached hydrogens (primary N) is 1. The molecular weight excluding hydrogens is 224 g/mol. The second kappa shape index (κ2) is 4.73. The first kappa shape index (κ1) is 13.1. The zero-order valence-corrected chi connectivity index (χ0v) is 11.2. The lowest BCUT2D eigenvalue weighted by Crippen LogP contribution is -2.42. The van der Waals surface area contributed by atoms with Crippen molar-refractivity contribution in [3.63, 3.8) is 0 Å². The molecule has 0 heterocycles. The van der Waals surface area contributed by atoms with Gasteiger partial charge in [-0.15, -0.1) is 0 Å². The first-order valence-corrected chi connectivity index (χ1v) is 6.54. The summed E-state index contributed by atoms with van der Waals surface area (Å²) in [6.07, 6.45) is 1.86. The van der Waals surface area contributed by atoms with E-state index in [-0.39, 0.29) is 16.7 Å². The molecule has 3 nitrogen and oxygen atoms in total. The number of carbonyl (C=O) groups excluding carboxylic acids is 1. The highest BCUT2D eigenvalue weighted by Gasteiger charge is 2.48. The van der Waals surface area contributed by atoms with Crippen LogP contribution in [0.25, 0.3) is 0 Å². The molecule has 98 valence electrons. The fraction of sp³-hybridized carbons (Fsp3) is 0.533. The summed E-state index contributed by atoms with van der Waals surface area (Å²) in [5.74, 6) is 0.119. The second-order valence-electron chi connectivity index (χ2n) is 5.92. The second-order valence-corrected chi connectivity index (χ2v) is 5.92. The summed E-state index contributed by atoms with van der Waals surface area (Å²) in [6.45, 7) is 5.40. The zero-order chi connectivity index (χ0) is 13.2. The van der Waals surface area contributed by atoms with E-state index in [1.807, 2.05) is 18.2 Å². The highest BCUT2D eigenvalue weighted by atomic mass is 16.2. The summed E-state index contributed by atoms with van der Waals surface area (Å²) in [5, 5.41) is 3.06. The van der Waals surface area contributed by atoms with E-state index in [1.165, 1.54) is 5.56 Å². The van der Waals surface area contributed by atoms with Crippen molar-refractivity contribution in [1.29, 1.82) is 0 Å². The molecule has 0 aliphatic heterocycles. The molecule has 1 aliphatic carbocycles. The Labute approximate surface area is 109 Å². The van der Waals surface area contributed by atoms with Gasteiger partial charge in [-0.05, 0) is 18.4 Å². The van der Waals surface area contributed by atoms with E-state index in [1.54, 1.807) is 0 Å². The van der Waals surface area contributed by atoms with Gasteiger partial charge in [0, 0.05) is 18.5 Å². The van der Waals surface area contributed by atoms with Crippen LogP contribution in [0.4, 0.5) is 0 Å². The van der Waals surface area contributed by atoms with Gasteiger partial charge >= 0.3 is 0 Å². The largest absolute Gasteiger partial charge is 0.355 e. The molecule has 0 atom stereocenters. The number of carbonyl (C=O) groups is 1. The summed E-state index contributed by atoms with van der Waals surface area (Å²) in [5.41, 5.74) is 6.59. The van der Waals surface area contributed by atoms with Crippen LogP contribution in [0.1, 0.15) is 32.3 Å². The molecular formula is C15H22N2O. The van der Waals surface area contributed by atoms with E-state index < -0.39 is 0 Å². The van der Waals surface area contributed by atoms with Crippen LogP contribution in [0.3, 0.4) is 0 Å². The van der Waals surface area contributed by atoms with Gasteiger partial charge in [0.15, 0.2) is 0 Å². The maximum absolute atomic E-state index is 12.0. The van der Waals surface area contributed by atoms with Crippen LogP contribution in [0.15, 0.2) is 30.3 Å². The van der Waals surface area contributed by atoms with Gasteiger partial charge in [0.2, 0.25) is 5.91 Å². The zero-order valence-electron chi connectivity index (χ0n) is 11.2. The maximum Gasteiger partial charge on any atom is 0.227 e. The minimum Gasteiger partial charge on any atom is -0.355 e. The summed E-state index contributed by atoms with van der Waals surface area (Å²) < 4.78 is 0. The molecule has 0 aromatic heterocycles. The standard InChI is InChI=1S/C15H22N2O/c1-14(2,12-6-4-3-5-7-12)11-17-13(18)15(10-16)8-9-15/h3-7H,8-11,16H2,1-2H3,(H,17,18). The molecule has 3 N–H and O–H groups in total. The van der Waals surface area contributed by atoms with E-state index in [9.17, 15) is 4.79 Å². The lowest BCUT2D eigenvalue weighted by molar-refractivity contribution is -0.126. The minimum absolute atomic E-state index is 0.0540. The predicted octanol–water partition coefficient (Wildman–Crippen LogP) is 1.82. The van der Waals surface area contributed by atoms with E-state index in [2.05, 4.69) is 31.3 Å². The van der Waals surface area contributed by atoms with Crippen molar-refractivity contribution in [2.24, 2.45) is 11.1 Å². The maximum atomic E-state index is 12.0. The average molecular weight is 246 g/mol. The van der Waals surface area contributed by atoms with Crippen molar-refractivity contribution < 1.29 is 4.79 Å². The molecule has 0 spiro atoms. The molecule has 0 saturated heterocycles. The molecule has 2 rings (SSSR count). The molecule has 1 saturated carbocycles. The average Bonchev–Trinajstić information content (AvgIpc) is 3.18. The molecule has 3 heteroatoms. The van der Waals surface area contributed by atoms with Crippen molar-refractivity contribution in [3.05, 3.63) is 35.9 Å². The minimum atomic E-state index is -0.257. The van der Waals surface area contributed by atoms with Crippen molar-refractivity contribution >= 4 is 5.91 Å². The van der Waals surface area contributed by atoms with Crippen LogP contribution in [0, 0.1) is 5.41 Å². The third-order valence-corrected chi connectivity index (χ3v) is 3.97. The fourth-order valence-electron chi connectivity index (χ4n) is 2.15. The SMILES string of the molecule is CC(C)(CNC(=O)C1(CN)CC1)c1ccccc1. The normalized spacial score (nSPS) is 17.3. The number of hydrogen-bond acceptors (Lipinski definition) is 2. The molecule has 1 aromatic carbocycles. The van der Waals surface area contributed by atoms with E-state index in [4.69, 9.17) is 5.73 Å². The Morgan fingerprint density at radius 3 is 2.44 bits per heavy atom. The Bertz CT molecular complexity index is 421. The lowest BCUT2D eigenvalue weighted by atomic mass is 9.84. The van der Waals surface area contributed by atoms with Crippen LogP contribution in [-0.4, -0.2) is 19.0 Å². The lowest BCUT2D eigenvalue weighted by Gasteiger charge is -2.26. The van der Waals surface area contributed by atoms with Crippen molar-refractivity contribution in [2.45, 2.75) is 32.1 Å². The monoisotopic (exact) mass is 246 g/mol. The third kappa shape index (κ3) is 2.56. The van der Waals surface area contributed by atoms with Crippen molar-refractivity contribution in [1.82, 2.24) is 5.32 Å². The summed E-state index contributed by atoms with van der Waals surface area (Å²) in [7, 11) is 0. The van der Waals surface area contributed by atoms with E-state index >= 15 is 0 Å². The van der Waals surface area contributed by atoms with Gasteiger partial charge in [-0.2, -0.15) is 0 Å². The summed E-state index contributed by atoms with van der Waals surface area (Å²) >= 11 is 0. The van der Waals surface area contributed by atoms with Gasteiger partial charge in [0.05, 0.1) is 5.41 Å². The third-order valence-electron chi connectivity index (χ3n) is 3.97. The fourth-order valence-corrected chi connectivity index (χ4v) is 2.15. The highest BCUT2D eigenvalue weighted by molar-refractivity contribution is 5.85. The predicted molar refractivity (Wildman–Crippen MR) is 73.2 cm³/mol. The number of benzene rings is 1. The van der Waals surface area contributed by atoms with E-state index in [0.717, 1.165) is 12.8 Å². The molecule has 1 aromatic rings.